The number of carbonyl (C=O) groups is 1. The second-order valence-corrected chi connectivity index (χ2v) is 8.89. The van der Waals surface area contributed by atoms with E-state index >= 15 is 0 Å². The van der Waals surface area contributed by atoms with Crippen molar-refractivity contribution < 1.29 is 17.9 Å². The van der Waals surface area contributed by atoms with Crippen molar-refractivity contribution >= 4 is 21.6 Å². The van der Waals surface area contributed by atoms with Crippen molar-refractivity contribution in [1.82, 2.24) is 4.72 Å². The molecule has 0 fully saturated rings. The number of hydrogen-bond donors (Lipinski definition) is 2. The summed E-state index contributed by atoms with van der Waals surface area (Å²) in [5.41, 5.74) is 0.435. The Morgan fingerprint density at radius 1 is 1.00 bits per heavy atom. The van der Waals surface area contributed by atoms with Crippen LogP contribution in [0.4, 0.5) is 5.69 Å². The first-order chi connectivity index (χ1) is 12.6. The van der Waals surface area contributed by atoms with E-state index < -0.39 is 15.6 Å². The van der Waals surface area contributed by atoms with Crippen molar-refractivity contribution in [2.45, 2.75) is 44.6 Å². The second kappa shape index (κ2) is 8.54. The minimum atomic E-state index is -3.60. The maximum atomic E-state index is 12.3. The first-order valence-electron chi connectivity index (χ1n) is 8.79. The topological polar surface area (TPSA) is 84.5 Å². The van der Waals surface area contributed by atoms with Crippen LogP contribution >= 0.6 is 0 Å². The van der Waals surface area contributed by atoms with Gasteiger partial charge in [-0.15, -0.1) is 0 Å². The average Bonchev–Trinajstić information content (AvgIpc) is 2.59. The van der Waals surface area contributed by atoms with Crippen LogP contribution in [-0.4, -0.2) is 26.5 Å². The van der Waals surface area contributed by atoms with Crippen molar-refractivity contribution in [1.29, 1.82) is 0 Å². The summed E-state index contributed by atoms with van der Waals surface area (Å²) in [6.07, 6.45) is 0.916. The Bertz CT molecular complexity index is 868. The molecule has 27 heavy (non-hydrogen) atoms. The monoisotopic (exact) mass is 390 g/mol. The van der Waals surface area contributed by atoms with Crippen LogP contribution in [0.5, 0.6) is 5.75 Å². The lowest BCUT2D eigenvalue weighted by Crippen LogP contribution is -2.40. The molecule has 2 aromatic carbocycles. The van der Waals surface area contributed by atoms with Crippen LogP contribution in [0.25, 0.3) is 0 Å². The average molecular weight is 391 g/mol. The van der Waals surface area contributed by atoms with Gasteiger partial charge in [0, 0.05) is 16.8 Å². The molecule has 0 radical (unpaired) electrons. The van der Waals surface area contributed by atoms with Gasteiger partial charge < -0.3 is 10.1 Å². The third kappa shape index (κ3) is 6.37. The molecule has 0 bridgehead atoms. The summed E-state index contributed by atoms with van der Waals surface area (Å²) in [6, 6.07) is 12.9. The molecule has 0 aliphatic heterocycles. The molecule has 0 aliphatic rings. The fourth-order valence-corrected chi connectivity index (χ4v) is 3.72. The minimum Gasteiger partial charge on any atom is -0.494 e. The van der Waals surface area contributed by atoms with Crippen LogP contribution < -0.4 is 14.8 Å². The van der Waals surface area contributed by atoms with Crippen molar-refractivity contribution in [2.24, 2.45) is 0 Å². The zero-order valence-corrected chi connectivity index (χ0v) is 16.9. The molecular formula is C20H26N2O4S. The zero-order valence-electron chi connectivity index (χ0n) is 16.1. The van der Waals surface area contributed by atoms with E-state index in [9.17, 15) is 13.2 Å². The lowest BCUT2D eigenvalue weighted by atomic mass is 10.1. The Morgan fingerprint density at radius 2 is 1.59 bits per heavy atom. The van der Waals surface area contributed by atoms with Crippen molar-refractivity contribution in [3.63, 3.8) is 0 Å². The standard InChI is InChI=1S/C20H26N2O4S/c1-5-14-26-17-10-6-15(7-11-17)19(23)21-16-8-12-18(13-9-16)27(24,25)22-20(2,3)4/h6-13,22H,5,14H2,1-4H3,(H,21,23). The summed E-state index contributed by atoms with van der Waals surface area (Å²) < 4.78 is 32.7. The van der Waals surface area contributed by atoms with Gasteiger partial charge in [-0.3, -0.25) is 4.79 Å². The second-order valence-electron chi connectivity index (χ2n) is 7.21. The number of anilines is 1. The number of nitrogens with one attached hydrogen (secondary N) is 2. The molecule has 0 saturated carbocycles. The first kappa shape index (κ1) is 20.9. The van der Waals surface area contributed by atoms with Gasteiger partial charge in [0.15, 0.2) is 0 Å². The van der Waals surface area contributed by atoms with Crippen molar-refractivity contribution in [3.8, 4) is 5.75 Å². The van der Waals surface area contributed by atoms with Gasteiger partial charge in [0.05, 0.1) is 11.5 Å². The van der Waals surface area contributed by atoms with Crippen molar-refractivity contribution in [2.75, 3.05) is 11.9 Å². The van der Waals surface area contributed by atoms with Gasteiger partial charge in [-0.1, -0.05) is 6.92 Å². The molecule has 0 atom stereocenters. The van der Waals surface area contributed by atoms with Crippen LogP contribution in [0, 0.1) is 0 Å². The third-order valence-corrected chi connectivity index (χ3v) is 5.23. The Balaban J connectivity index is 2.04. The first-order valence-corrected chi connectivity index (χ1v) is 10.3. The SMILES string of the molecule is CCCOc1ccc(C(=O)Nc2ccc(S(=O)(=O)NC(C)(C)C)cc2)cc1. The molecule has 0 unspecified atom stereocenters. The van der Waals surface area contributed by atoms with Gasteiger partial charge in [0.2, 0.25) is 10.0 Å². The molecule has 2 aromatic rings. The summed E-state index contributed by atoms with van der Waals surface area (Å²) in [7, 11) is -3.60. The zero-order chi connectivity index (χ0) is 20.1. The molecule has 1 amide bonds. The molecule has 0 heterocycles. The van der Waals surface area contributed by atoms with Gasteiger partial charge in [-0.2, -0.15) is 0 Å². The molecule has 0 aromatic heterocycles. The van der Waals surface area contributed by atoms with Gasteiger partial charge in [0.25, 0.3) is 5.91 Å². The Kier molecular flexibility index (Phi) is 6.62. The van der Waals surface area contributed by atoms with Gasteiger partial charge in [0.1, 0.15) is 5.75 Å². The predicted octanol–water partition coefficient (Wildman–Crippen LogP) is 3.80. The number of sulfonamides is 1. The van der Waals surface area contributed by atoms with Gasteiger partial charge >= 0.3 is 0 Å². The molecule has 2 rings (SSSR count). The van der Waals surface area contributed by atoms with Crippen molar-refractivity contribution in [3.05, 3.63) is 54.1 Å². The van der Waals surface area contributed by atoms with E-state index in [1.54, 1.807) is 57.2 Å². The highest BCUT2D eigenvalue weighted by Gasteiger charge is 2.21. The third-order valence-electron chi connectivity index (χ3n) is 3.45. The van der Waals surface area contributed by atoms with Crippen LogP contribution in [0.3, 0.4) is 0 Å². The Labute approximate surface area is 161 Å². The molecule has 7 heteroatoms. The molecule has 0 spiro atoms. The van der Waals surface area contributed by atoms with Gasteiger partial charge in [-0.25, -0.2) is 13.1 Å². The largest absolute Gasteiger partial charge is 0.494 e. The maximum absolute atomic E-state index is 12.3. The molecule has 6 nitrogen and oxygen atoms in total. The quantitative estimate of drug-likeness (QED) is 0.753. The van der Waals surface area contributed by atoms with E-state index in [2.05, 4.69) is 10.0 Å². The van der Waals surface area contributed by atoms with E-state index in [1.807, 2.05) is 6.92 Å². The van der Waals surface area contributed by atoms with Crippen LogP contribution in [0.15, 0.2) is 53.4 Å². The number of amides is 1. The van der Waals surface area contributed by atoms with Crippen LogP contribution in [0.1, 0.15) is 44.5 Å². The predicted molar refractivity (Wildman–Crippen MR) is 107 cm³/mol. The summed E-state index contributed by atoms with van der Waals surface area (Å²) in [6.45, 7) is 7.98. The normalized spacial score (nSPS) is 11.9. The minimum absolute atomic E-state index is 0.146. The summed E-state index contributed by atoms with van der Waals surface area (Å²) >= 11 is 0. The fourth-order valence-electron chi connectivity index (χ4n) is 2.31. The Morgan fingerprint density at radius 3 is 2.11 bits per heavy atom. The highest BCUT2D eigenvalue weighted by Crippen LogP contribution is 2.18. The molecule has 0 saturated heterocycles. The lowest BCUT2D eigenvalue weighted by Gasteiger charge is -2.20. The Hall–Kier alpha value is -2.38. The number of rotatable bonds is 7. The molecule has 0 aliphatic carbocycles. The highest BCUT2D eigenvalue weighted by molar-refractivity contribution is 7.89. The summed E-state index contributed by atoms with van der Waals surface area (Å²) in [5.74, 6) is 0.440. The van der Waals surface area contributed by atoms with E-state index in [0.717, 1.165) is 6.42 Å². The van der Waals surface area contributed by atoms with E-state index in [4.69, 9.17) is 4.74 Å². The van der Waals surface area contributed by atoms with E-state index in [1.165, 1.54) is 12.1 Å². The number of benzene rings is 2. The highest BCUT2D eigenvalue weighted by atomic mass is 32.2. The number of hydrogen-bond acceptors (Lipinski definition) is 4. The molecule has 2 N–H and O–H groups in total. The lowest BCUT2D eigenvalue weighted by molar-refractivity contribution is 0.102. The smallest absolute Gasteiger partial charge is 0.255 e. The number of ether oxygens (including phenoxy) is 1. The van der Waals surface area contributed by atoms with E-state index in [-0.39, 0.29) is 10.8 Å². The summed E-state index contributed by atoms with van der Waals surface area (Å²) in [5, 5.41) is 2.75. The van der Waals surface area contributed by atoms with Gasteiger partial charge in [-0.05, 0) is 75.7 Å². The van der Waals surface area contributed by atoms with E-state index in [0.29, 0.717) is 23.6 Å². The maximum Gasteiger partial charge on any atom is 0.255 e. The summed E-state index contributed by atoms with van der Waals surface area (Å²) in [4.78, 5) is 12.5. The van der Waals surface area contributed by atoms with Crippen LogP contribution in [-0.2, 0) is 10.0 Å². The molecular weight excluding hydrogens is 364 g/mol. The van der Waals surface area contributed by atoms with Crippen LogP contribution in [0.2, 0.25) is 0 Å². The fraction of sp³-hybridized carbons (Fsp3) is 0.350. The molecule has 146 valence electrons. The number of carbonyl (C=O) groups excluding carboxylic acids is 1.